The van der Waals surface area contributed by atoms with Gasteiger partial charge in [0.25, 0.3) is 0 Å². The van der Waals surface area contributed by atoms with Crippen molar-refractivity contribution in [3.05, 3.63) is 0 Å². The largest absolute Gasteiger partial charge is 0.390 e. The summed E-state index contributed by atoms with van der Waals surface area (Å²) in [6.45, 7) is 4.55. The predicted molar refractivity (Wildman–Crippen MR) is 107 cm³/mol. The average molecular weight is 374 g/mol. The third kappa shape index (κ3) is 14.5. The number of hydrogen-bond acceptors (Lipinski definition) is 4. The van der Waals surface area contributed by atoms with Crippen LogP contribution in [0.5, 0.6) is 0 Å². The molecule has 5 nitrogen and oxygen atoms in total. The maximum atomic E-state index is 11.7. The van der Waals surface area contributed by atoms with E-state index in [9.17, 15) is 20.1 Å². The lowest BCUT2D eigenvalue weighted by molar-refractivity contribution is -0.132. The molecule has 0 radical (unpaired) electrons. The van der Waals surface area contributed by atoms with E-state index in [4.69, 9.17) is 0 Å². The van der Waals surface area contributed by atoms with Crippen molar-refractivity contribution in [3.8, 4) is 0 Å². The van der Waals surface area contributed by atoms with Gasteiger partial charge in [0.2, 0.25) is 5.91 Å². The fourth-order valence-corrected chi connectivity index (χ4v) is 3.06. The molecule has 26 heavy (non-hydrogen) atoms. The van der Waals surface area contributed by atoms with E-state index in [-0.39, 0.29) is 6.42 Å². The first kappa shape index (κ1) is 25.4. The standard InChI is InChI=1S/C21H43NO4/c1-3-5-6-7-8-9-10-11-12-13-14-15-16-22-21(26)20(25)17-19(24)18(23)4-2/h18-20,23-25H,3-17H2,1-2H3,(H,22,26)/t18-,19?,20?/m1/s1. The Bertz CT molecular complexity index is 325. The van der Waals surface area contributed by atoms with Crippen LogP contribution in [0, 0.1) is 0 Å². The van der Waals surface area contributed by atoms with Gasteiger partial charge in [-0.25, -0.2) is 0 Å². The Morgan fingerprint density at radius 2 is 1.19 bits per heavy atom. The third-order valence-corrected chi connectivity index (χ3v) is 4.96. The maximum Gasteiger partial charge on any atom is 0.248 e. The first-order chi connectivity index (χ1) is 12.5. The average Bonchev–Trinajstić information content (AvgIpc) is 2.64. The Hall–Kier alpha value is -0.650. The fourth-order valence-electron chi connectivity index (χ4n) is 3.06. The minimum atomic E-state index is -1.26. The van der Waals surface area contributed by atoms with Crippen LogP contribution in [0.1, 0.15) is 104 Å². The number of amides is 1. The molecule has 0 aromatic carbocycles. The topological polar surface area (TPSA) is 89.8 Å². The zero-order valence-corrected chi connectivity index (χ0v) is 17.1. The lowest BCUT2D eigenvalue weighted by Gasteiger charge is -2.19. The van der Waals surface area contributed by atoms with E-state index in [1.807, 2.05) is 0 Å². The van der Waals surface area contributed by atoms with Gasteiger partial charge in [0, 0.05) is 13.0 Å². The molecule has 0 spiro atoms. The van der Waals surface area contributed by atoms with Crippen LogP contribution < -0.4 is 5.32 Å². The molecule has 0 rings (SSSR count). The molecule has 0 aromatic rings. The zero-order valence-electron chi connectivity index (χ0n) is 17.1. The van der Waals surface area contributed by atoms with Crippen LogP contribution in [0.2, 0.25) is 0 Å². The molecule has 0 saturated heterocycles. The second kappa shape index (κ2) is 17.7. The van der Waals surface area contributed by atoms with Gasteiger partial charge in [0.05, 0.1) is 12.2 Å². The smallest absolute Gasteiger partial charge is 0.248 e. The Kier molecular flexibility index (Phi) is 17.3. The van der Waals surface area contributed by atoms with Crippen molar-refractivity contribution in [1.82, 2.24) is 5.32 Å². The molecule has 0 bridgehead atoms. The van der Waals surface area contributed by atoms with E-state index in [1.165, 1.54) is 64.2 Å². The van der Waals surface area contributed by atoms with Crippen LogP contribution >= 0.6 is 0 Å². The number of carbonyl (C=O) groups excluding carboxylic acids is 1. The van der Waals surface area contributed by atoms with Gasteiger partial charge in [-0.2, -0.15) is 0 Å². The maximum absolute atomic E-state index is 11.7. The lowest BCUT2D eigenvalue weighted by atomic mass is 10.0. The second-order valence-electron chi connectivity index (χ2n) is 7.47. The van der Waals surface area contributed by atoms with Crippen molar-refractivity contribution in [2.45, 2.75) is 122 Å². The Balaban J connectivity index is 3.42. The Labute approximate surface area is 160 Å². The summed E-state index contributed by atoms with van der Waals surface area (Å²) >= 11 is 0. The second-order valence-corrected chi connectivity index (χ2v) is 7.47. The molecule has 0 aliphatic carbocycles. The van der Waals surface area contributed by atoms with Crippen molar-refractivity contribution >= 4 is 5.91 Å². The van der Waals surface area contributed by atoms with Gasteiger partial charge in [-0.3, -0.25) is 4.79 Å². The minimum Gasteiger partial charge on any atom is -0.390 e. The summed E-state index contributed by atoms with van der Waals surface area (Å²) in [6, 6.07) is 0. The van der Waals surface area contributed by atoms with Gasteiger partial charge in [-0.05, 0) is 12.8 Å². The van der Waals surface area contributed by atoms with Gasteiger partial charge >= 0.3 is 0 Å². The Morgan fingerprint density at radius 3 is 1.65 bits per heavy atom. The quantitative estimate of drug-likeness (QED) is 0.276. The molecule has 0 aliphatic rings. The number of carbonyl (C=O) groups is 1. The Morgan fingerprint density at radius 1 is 0.731 bits per heavy atom. The van der Waals surface area contributed by atoms with E-state index in [2.05, 4.69) is 12.2 Å². The van der Waals surface area contributed by atoms with Crippen LogP contribution in [0.3, 0.4) is 0 Å². The molecule has 156 valence electrons. The summed E-state index contributed by atoms with van der Waals surface area (Å²) in [5.41, 5.74) is 0. The van der Waals surface area contributed by atoms with Crippen molar-refractivity contribution in [2.24, 2.45) is 0 Å². The molecule has 0 aliphatic heterocycles. The highest BCUT2D eigenvalue weighted by Gasteiger charge is 2.22. The van der Waals surface area contributed by atoms with E-state index in [1.54, 1.807) is 6.92 Å². The fraction of sp³-hybridized carbons (Fsp3) is 0.952. The van der Waals surface area contributed by atoms with Crippen molar-refractivity contribution in [1.29, 1.82) is 0 Å². The van der Waals surface area contributed by atoms with Gasteiger partial charge < -0.3 is 20.6 Å². The highest BCUT2D eigenvalue weighted by atomic mass is 16.3. The SMILES string of the molecule is CCCCCCCCCCCCCCNC(=O)C(O)CC(O)[C@H](O)CC. The number of unbranched alkanes of at least 4 members (excludes halogenated alkanes) is 11. The normalized spacial score (nSPS) is 14.8. The van der Waals surface area contributed by atoms with Gasteiger partial charge in [-0.15, -0.1) is 0 Å². The number of rotatable bonds is 18. The molecule has 1 amide bonds. The number of hydrogen-bond donors (Lipinski definition) is 4. The summed E-state index contributed by atoms with van der Waals surface area (Å²) in [5, 5.41) is 31.5. The molecule has 0 heterocycles. The highest BCUT2D eigenvalue weighted by Crippen LogP contribution is 2.12. The summed E-state index contributed by atoms with van der Waals surface area (Å²) in [6.07, 6.45) is 12.3. The van der Waals surface area contributed by atoms with Gasteiger partial charge in [0.1, 0.15) is 6.10 Å². The summed E-state index contributed by atoms with van der Waals surface area (Å²) in [5.74, 6) is -0.463. The molecule has 0 aromatic heterocycles. The molecule has 0 saturated carbocycles. The van der Waals surface area contributed by atoms with Crippen molar-refractivity contribution in [2.75, 3.05) is 6.54 Å². The van der Waals surface area contributed by atoms with E-state index in [0.717, 1.165) is 12.8 Å². The molecule has 0 fully saturated rings. The van der Waals surface area contributed by atoms with Crippen molar-refractivity contribution < 1.29 is 20.1 Å². The molecular weight excluding hydrogens is 330 g/mol. The monoisotopic (exact) mass is 373 g/mol. The summed E-state index contributed by atoms with van der Waals surface area (Å²) in [4.78, 5) is 11.7. The molecule has 4 N–H and O–H groups in total. The van der Waals surface area contributed by atoms with E-state index < -0.39 is 24.2 Å². The molecule has 3 atom stereocenters. The number of nitrogens with one attached hydrogen (secondary N) is 1. The van der Waals surface area contributed by atoms with Gasteiger partial charge in [-0.1, -0.05) is 84.5 Å². The minimum absolute atomic E-state index is 0.126. The third-order valence-electron chi connectivity index (χ3n) is 4.96. The summed E-state index contributed by atoms with van der Waals surface area (Å²) in [7, 11) is 0. The summed E-state index contributed by atoms with van der Waals surface area (Å²) < 4.78 is 0. The van der Waals surface area contributed by atoms with Crippen LogP contribution in [0.4, 0.5) is 0 Å². The van der Waals surface area contributed by atoms with Gasteiger partial charge in [0.15, 0.2) is 0 Å². The lowest BCUT2D eigenvalue weighted by Crippen LogP contribution is -2.39. The van der Waals surface area contributed by atoms with Crippen LogP contribution in [0.15, 0.2) is 0 Å². The molecule has 2 unspecified atom stereocenters. The zero-order chi connectivity index (χ0) is 19.6. The van der Waals surface area contributed by atoms with Crippen LogP contribution in [-0.2, 0) is 4.79 Å². The first-order valence-corrected chi connectivity index (χ1v) is 10.8. The highest BCUT2D eigenvalue weighted by molar-refractivity contribution is 5.80. The van der Waals surface area contributed by atoms with E-state index >= 15 is 0 Å². The first-order valence-electron chi connectivity index (χ1n) is 10.8. The van der Waals surface area contributed by atoms with Crippen LogP contribution in [-0.4, -0.2) is 46.1 Å². The molecule has 5 heteroatoms. The van der Waals surface area contributed by atoms with Crippen molar-refractivity contribution in [3.63, 3.8) is 0 Å². The number of aliphatic hydroxyl groups is 3. The van der Waals surface area contributed by atoms with Crippen LogP contribution in [0.25, 0.3) is 0 Å². The molecular formula is C21H43NO4. The van der Waals surface area contributed by atoms with E-state index in [0.29, 0.717) is 13.0 Å². The number of aliphatic hydroxyl groups excluding tert-OH is 3. The predicted octanol–water partition coefficient (Wildman–Crippen LogP) is 3.69.